The van der Waals surface area contributed by atoms with Gasteiger partial charge in [0, 0.05) is 5.56 Å². The second-order valence-electron chi connectivity index (χ2n) is 6.70. The van der Waals surface area contributed by atoms with Crippen LogP contribution in [0.3, 0.4) is 0 Å². The Morgan fingerprint density at radius 2 is 1.74 bits per heavy atom. The molecule has 0 fully saturated rings. The number of ether oxygens (including phenoxy) is 3. The van der Waals surface area contributed by atoms with Gasteiger partial charge in [-0.1, -0.05) is 32.0 Å². The zero-order valence-electron chi connectivity index (χ0n) is 15.5. The Morgan fingerprint density at radius 1 is 1.07 bits per heavy atom. The van der Waals surface area contributed by atoms with Crippen molar-refractivity contribution in [1.82, 2.24) is 0 Å². The highest BCUT2D eigenvalue weighted by Gasteiger charge is 2.54. The zero-order chi connectivity index (χ0) is 19.4. The minimum atomic E-state index is -1.71. The molecule has 0 aromatic heterocycles. The standard InChI is InChI=1S/C21H21NO5/c1-14(2)13-21(19(23)26-17-7-5-4-6-8-17)20(24)27-18(22-21)15-9-11-16(25-3)12-10-15/h4-12,14H,13H2,1-3H3. The summed E-state index contributed by atoms with van der Waals surface area (Å²) in [5.41, 5.74) is -1.12. The van der Waals surface area contributed by atoms with E-state index >= 15 is 0 Å². The van der Waals surface area contributed by atoms with Crippen LogP contribution >= 0.6 is 0 Å². The Hall–Kier alpha value is -3.15. The second kappa shape index (κ2) is 7.61. The van der Waals surface area contributed by atoms with Crippen LogP contribution in [-0.2, 0) is 14.3 Å². The quantitative estimate of drug-likeness (QED) is 0.444. The van der Waals surface area contributed by atoms with Crippen LogP contribution in [0.25, 0.3) is 0 Å². The van der Waals surface area contributed by atoms with Crippen molar-refractivity contribution in [3.63, 3.8) is 0 Å². The first kappa shape index (κ1) is 18.6. The Balaban J connectivity index is 1.95. The second-order valence-corrected chi connectivity index (χ2v) is 6.70. The molecule has 0 aliphatic carbocycles. The van der Waals surface area contributed by atoms with E-state index < -0.39 is 17.5 Å². The first-order chi connectivity index (χ1) is 12.9. The van der Waals surface area contributed by atoms with Gasteiger partial charge in [0.2, 0.25) is 5.90 Å². The van der Waals surface area contributed by atoms with E-state index in [0.717, 1.165) is 0 Å². The molecular weight excluding hydrogens is 346 g/mol. The van der Waals surface area contributed by atoms with Crippen LogP contribution in [-0.4, -0.2) is 30.5 Å². The number of rotatable bonds is 6. The highest BCUT2D eigenvalue weighted by molar-refractivity contribution is 6.17. The molecule has 1 heterocycles. The maximum absolute atomic E-state index is 12.9. The molecule has 6 heteroatoms. The van der Waals surface area contributed by atoms with Crippen LogP contribution in [0.15, 0.2) is 59.6 Å². The third-order valence-electron chi connectivity index (χ3n) is 4.15. The summed E-state index contributed by atoms with van der Waals surface area (Å²) in [7, 11) is 1.56. The van der Waals surface area contributed by atoms with Gasteiger partial charge in [-0.05, 0) is 48.7 Å². The van der Waals surface area contributed by atoms with Crippen molar-refractivity contribution in [2.24, 2.45) is 10.9 Å². The van der Waals surface area contributed by atoms with Crippen molar-refractivity contribution in [2.75, 3.05) is 7.11 Å². The van der Waals surface area contributed by atoms with Crippen molar-refractivity contribution in [3.8, 4) is 11.5 Å². The fourth-order valence-electron chi connectivity index (χ4n) is 2.88. The average molecular weight is 367 g/mol. The van der Waals surface area contributed by atoms with Crippen molar-refractivity contribution in [3.05, 3.63) is 60.2 Å². The molecule has 0 N–H and O–H groups in total. The van der Waals surface area contributed by atoms with Gasteiger partial charge in [0.25, 0.3) is 5.54 Å². The molecule has 1 atom stereocenters. The summed E-state index contributed by atoms with van der Waals surface area (Å²) in [6.45, 7) is 3.82. The summed E-state index contributed by atoms with van der Waals surface area (Å²) in [5, 5.41) is 0. The van der Waals surface area contributed by atoms with Crippen LogP contribution in [0.1, 0.15) is 25.8 Å². The number of cyclic esters (lactones) is 1. The van der Waals surface area contributed by atoms with Crippen LogP contribution in [0.5, 0.6) is 11.5 Å². The van der Waals surface area contributed by atoms with E-state index in [4.69, 9.17) is 14.2 Å². The summed E-state index contributed by atoms with van der Waals surface area (Å²) >= 11 is 0. The predicted octanol–water partition coefficient (Wildman–Crippen LogP) is 3.39. The molecular formula is C21H21NO5. The van der Waals surface area contributed by atoms with Gasteiger partial charge in [-0.15, -0.1) is 0 Å². The molecule has 27 heavy (non-hydrogen) atoms. The third kappa shape index (κ3) is 3.84. The number of carbonyl (C=O) groups is 2. The average Bonchev–Trinajstić information content (AvgIpc) is 2.99. The lowest BCUT2D eigenvalue weighted by atomic mass is 9.90. The van der Waals surface area contributed by atoms with E-state index in [9.17, 15) is 9.59 Å². The largest absolute Gasteiger partial charge is 0.497 e. The Kier molecular flexibility index (Phi) is 5.26. The maximum atomic E-state index is 12.9. The lowest BCUT2D eigenvalue weighted by Gasteiger charge is -2.21. The predicted molar refractivity (Wildman–Crippen MR) is 99.9 cm³/mol. The number of aliphatic imine (C=N–C) groups is 1. The number of hydrogen-bond acceptors (Lipinski definition) is 6. The van der Waals surface area contributed by atoms with Gasteiger partial charge >= 0.3 is 11.9 Å². The highest BCUT2D eigenvalue weighted by atomic mass is 16.6. The number of hydrogen-bond donors (Lipinski definition) is 0. The fourth-order valence-corrected chi connectivity index (χ4v) is 2.88. The molecule has 0 bridgehead atoms. The summed E-state index contributed by atoms with van der Waals surface area (Å²) < 4.78 is 15.9. The summed E-state index contributed by atoms with van der Waals surface area (Å²) in [4.78, 5) is 30.0. The van der Waals surface area contributed by atoms with Gasteiger partial charge in [-0.25, -0.2) is 14.6 Å². The van der Waals surface area contributed by atoms with Crippen molar-refractivity contribution in [1.29, 1.82) is 0 Å². The number of para-hydroxylation sites is 1. The Morgan fingerprint density at radius 3 is 2.33 bits per heavy atom. The van der Waals surface area contributed by atoms with Gasteiger partial charge in [0.05, 0.1) is 7.11 Å². The molecule has 1 unspecified atom stereocenters. The van der Waals surface area contributed by atoms with Crippen molar-refractivity contribution in [2.45, 2.75) is 25.8 Å². The Bertz CT molecular complexity index is 858. The molecule has 0 amide bonds. The SMILES string of the molecule is COc1ccc(C2=NC(CC(C)C)(C(=O)Oc3ccccc3)C(=O)O2)cc1. The molecule has 0 spiro atoms. The van der Waals surface area contributed by atoms with Gasteiger partial charge in [-0.2, -0.15) is 0 Å². The summed E-state index contributed by atoms with van der Waals surface area (Å²) in [6, 6.07) is 15.5. The lowest BCUT2D eigenvalue weighted by molar-refractivity contribution is -0.152. The van der Waals surface area contributed by atoms with Crippen molar-refractivity contribution >= 4 is 17.8 Å². The van der Waals surface area contributed by atoms with E-state index in [1.54, 1.807) is 55.6 Å². The van der Waals surface area contributed by atoms with Gasteiger partial charge < -0.3 is 14.2 Å². The molecule has 1 aliphatic rings. The molecule has 140 valence electrons. The third-order valence-corrected chi connectivity index (χ3v) is 4.15. The maximum Gasteiger partial charge on any atom is 0.352 e. The van der Waals surface area contributed by atoms with E-state index in [1.165, 1.54) is 0 Å². The summed E-state index contributed by atoms with van der Waals surface area (Å²) in [6.07, 6.45) is 0.192. The number of methoxy groups -OCH3 is 1. The molecule has 0 saturated heterocycles. The van der Waals surface area contributed by atoms with E-state index in [1.807, 2.05) is 19.9 Å². The first-order valence-electron chi connectivity index (χ1n) is 8.68. The summed E-state index contributed by atoms with van der Waals surface area (Å²) in [5.74, 6) is -0.306. The molecule has 1 aliphatic heterocycles. The van der Waals surface area contributed by atoms with Gasteiger partial charge in [0.15, 0.2) is 0 Å². The molecule has 0 saturated carbocycles. The van der Waals surface area contributed by atoms with E-state index in [0.29, 0.717) is 17.1 Å². The lowest BCUT2D eigenvalue weighted by Crippen LogP contribution is -2.46. The fraction of sp³-hybridized carbons (Fsp3) is 0.286. The number of esters is 2. The molecule has 0 radical (unpaired) electrons. The van der Waals surface area contributed by atoms with Crippen LogP contribution < -0.4 is 9.47 Å². The minimum Gasteiger partial charge on any atom is -0.497 e. The highest BCUT2D eigenvalue weighted by Crippen LogP contribution is 2.32. The number of carbonyl (C=O) groups excluding carboxylic acids is 2. The van der Waals surface area contributed by atoms with Crippen LogP contribution in [0, 0.1) is 5.92 Å². The van der Waals surface area contributed by atoms with Crippen molar-refractivity contribution < 1.29 is 23.8 Å². The minimum absolute atomic E-state index is 0.0276. The monoisotopic (exact) mass is 367 g/mol. The Labute approximate surface area is 157 Å². The van der Waals surface area contributed by atoms with Crippen LogP contribution in [0.4, 0.5) is 0 Å². The van der Waals surface area contributed by atoms with Crippen LogP contribution in [0.2, 0.25) is 0 Å². The molecule has 3 rings (SSSR count). The number of nitrogens with zero attached hydrogens (tertiary/aromatic N) is 1. The number of benzene rings is 2. The molecule has 2 aromatic carbocycles. The van der Waals surface area contributed by atoms with E-state index in [-0.39, 0.29) is 18.2 Å². The topological polar surface area (TPSA) is 74.2 Å². The smallest absolute Gasteiger partial charge is 0.352 e. The zero-order valence-corrected chi connectivity index (χ0v) is 15.5. The molecule has 6 nitrogen and oxygen atoms in total. The normalized spacial score (nSPS) is 18.8. The van der Waals surface area contributed by atoms with E-state index in [2.05, 4.69) is 4.99 Å². The first-order valence-corrected chi connectivity index (χ1v) is 8.68. The van der Waals surface area contributed by atoms with Gasteiger partial charge in [-0.3, -0.25) is 0 Å². The molecule has 2 aromatic rings. The van der Waals surface area contributed by atoms with Gasteiger partial charge in [0.1, 0.15) is 11.5 Å².